The van der Waals surface area contributed by atoms with E-state index in [1.54, 1.807) is 0 Å². The number of allylic oxidation sites excluding steroid dienone is 5. The van der Waals surface area contributed by atoms with Crippen molar-refractivity contribution in [3.63, 3.8) is 0 Å². The zero-order valence-corrected chi connectivity index (χ0v) is 19.1. The van der Waals surface area contributed by atoms with E-state index in [2.05, 4.69) is 54.4 Å². The highest BCUT2D eigenvalue weighted by molar-refractivity contribution is 5.68. The van der Waals surface area contributed by atoms with Gasteiger partial charge in [0.1, 0.15) is 6.61 Å². The first-order valence-corrected chi connectivity index (χ1v) is 12.0. The molecule has 32 heavy (non-hydrogen) atoms. The lowest BCUT2D eigenvalue weighted by Gasteiger charge is -2.40. The van der Waals surface area contributed by atoms with E-state index in [9.17, 15) is 4.79 Å². The molecule has 0 aliphatic heterocycles. The van der Waals surface area contributed by atoms with E-state index in [1.165, 1.54) is 44.1 Å². The second-order valence-electron chi connectivity index (χ2n) is 9.09. The fourth-order valence-corrected chi connectivity index (χ4v) is 4.66. The van der Waals surface area contributed by atoms with Crippen molar-refractivity contribution in [2.24, 2.45) is 11.3 Å². The van der Waals surface area contributed by atoms with Crippen LogP contribution in [0.15, 0.2) is 66.3 Å². The number of carboxylic acid groups (broad SMARTS) is 1. The summed E-state index contributed by atoms with van der Waals surface area (Å²) in [4.78, 5) is 10.6. The monoisotopic (exact) mass is 432 g/mol. The Morgan fingerprint density at radius 1 is 1.16 bits per heavy atom. The van der Waals surface area contributed by atoms with Gasteiger partial charge in [0, 0.05) is 12.0 Å². The minimum atomic E-state index is -0.916. The average Bonchev–Trinajstić information content (AvgIpc) is 2.78. The maximum absolute atomic E-state index is 10.6. The van der Waals surface area contributed by atoms with Crippen molar-refractivity contribution in [1.29, 1.82) is 0 Å². The maximum Gasteiger partial charge on any atom is 0.329 e. The summed E-state index contributed by atoms with van der Waals surface area (Å²) in [6, 6.07) is 10.3. The van der Waals surface area contributed by atoms with Crippen molar-refractivity contribution in [1.82, 2.24) is 0 Å². The number of aliphatic carboxylic acids is 1. The summed E-state index contributed by atoms with van der Waals surface area (Å²) in [6.45, 7) is 0.156. The second kappa shape index (κ2) is 13.1. The van der Waals surface area contributed by atoms with E-state index in [-0.39, 0.29) is 6.61 Å². The van der Waals surface area contributed by atoms with Gasteiger partial charge in [-0.15, -0.1) is 0 Å². The van der Waals surface area contributed by atoms with Crippen molar-refractivity contribution >= 4 is 5.97 Å². The van der Waals surface area contributed by atoms with Crippen LogP contribution in [0.5, 0.6) is 0 Å². The highest BCUT2D eigenvalue weighted by Gasteiger charge is 2.35. The third-order valence-electron chi connectivity index (χ3n) is 6.71. The zero-order valence-electron chi connectivity index (χ0n) is 19.1. The molecule has 2 aliphatic carbocycles. The molecule has 0 radical (unpaired) electrons. The van der Waals surface area contributed by atoms with Gasteiger partial charge in [0.25, 0.3) is 0 Å². The smallest absolute Gasteiger partial charge is 0.329 e. The van der Waals surface area contributed by atoms with Crippen molar-refractivity contribution in [2.45, 2.75) is 64.2 Å². The first kappa shape index (κ1) is 24.1. The standard InChI is InChI=1S/C29H36O3/c30-28(31)24-32-23-18-27-17-8-7-16-26(27)15-6-1-2-9-19-29(21-11-22-29)20-10-14-25-12-4-3-5-13-25/h1-6,12-13,15,18,26H,7-9,11,16-17,19-24H2,(H,30,31)/b2-1+,15-6+,27-18+. The third-order valence-corrected chi connectivity index (χ3v) is 6.71. The number of ether oxygens (including phenoxy) is 1. The van der Waals surface area contributed by atoms with E-state index in [4.69, 9.17) is 9.84 Å². The fraction of sp³-hybridized carbons (Fsp3) is 0.483. The molecular formula is C29H36O3. The molecule has 2 fully saturated rings. The summed E-state index contributed by atoms with van der Waals surface area (Å²) < 4.78 is 5.18. The topological polar surface area (TPSA) is 46.5 Å². The second-order valence-corrected chi connectivity index (χ2v) is 9.09. The molecular weight excluding hydrogens is 396 g/mol. The van der Waals surface area contributed by atoms with E-state index in [0.717, 1.165) is 31.2 Å². The molecule has 0 heterocycles. The van der Waals surface area contributed by atoms with Gasteiger partial charge in [-0.25, -0.2) is 4.79 Å². The van der Waals surface area contributed by atoms with Gasteiger partial charge in [-0.1, -0.05) is 78.8 Å². The number of hydrogen-bond donors (Lipinski definition) is 1. The Bertz CT molecular complexity index is 863. The minimum absolute atomic E-state index is 0.230. The van der Waals surface area contributed by atoms with E-state index >= 15 is 0 Å². The summed E-state index contributed by atoms with van der Waals surface area (Å²) in [5, 5.41) is 8.68. The van der Waals surface area contributed by atoms with Gasteiger partial charge >= 0.3 is 5.97 Å². The zero-order chi connectivity index (χ0) is 22.5. The quantitative estimate of drug-likeness (QED) is 0.193. The highest BCUT2D eigenvalue weighted by atomic mass is 16.5. The average molecular weight is 433 g/mol. The van der Waals surface area contributed by atoms with Crippen molar-refractivity contribution in [2.75, 3.05) is 13.2 Å². The molecule has 1 aromatic carbocycles. The Morgan fingerprint density at radius 2 is 2.00 bits per heavy atom. The maximum atomic E-state index is 10.6. The predicted octanol–water partition coefficient (Wildman–Crippen LogP) is 6.71. The predicted molar refractivity (Wildman–Crippen MR) is 130 cm³/mol. The van der Waals surface area contributed by atoms with Gasteiger partial charge in [0.2, 0.25) is 0 Å². The highest BCUT2D eigenvalue weighted by Crippen LogP contribution is 2.47. The Morgan fingerprint density at radius 3 is 2.75 bits per heavy atom. The number of hydrogen-bond acceptors (Lipinski definition) is 2. The molecule has 170 valence electrons. The molecule has 1 unspecified atom stereocenters. The van der Waals surface area contributed by atoms with Gasteiger partial charge in [-0.05, 0) is 68.4 Å². The molecule has 0 amide bonds. The summed E-state index contributed by atoms with van der Waals surface area (Å²) >= 11 is 0. The van der Waals surface area contributed by atoms with Gasteiger partial charge in [0.05, 0.1) is 6.61 Å². The fourth-order valence-electron chi connectivity index (χ4n) is 4.66. The summed E-state index contributed by atoms with van der Waals surface area (Å²) in [5.41, 5.74) is 2.92. The lowest BCUT2D eigenvalue weighted by Crippen LogP contribution is -2.28. The minimum Gasteiger partial charge on any atom is -0.480 e. The molecule has 1 atom stereocenters. The SMILES string of the molecule is O=C(O)COC/C=C1\CCCCC1/C=C/C=C/CCC1(CC#Cc2ccccc2)CCC1. The van der Waals surface area contributed by atoms with Crippen LogP contribution in [-0.4, -0.2) is 24.3 Å². The molecule has 1 N–H and O–H groups in total. The molecule has 2 saturated carbocycles. The largest absolute Gasteiger partial charge is 0.480 e. The lowest BCUT2D eigenvalue weighted by atomic mass is 9.64. The van der Waals surface area contributed by atoms with Crippen LogP contribution in [0.3, 0.4) is 0 Å². The van der Waals surface area contributed by atoms with Crippen molar-refractivity contribution < 1.29 is 14.6 Å². The van der Waals surface area contributed by atoms with Crippen LogP contribution in [0.2, 0.25) is 0 Å². The van der Waals surface area contributed by atoms with E-state index in [0.29, 0.717) is 17.9 Å². The molecule has 0 bridgehead atoms. The third kappa shape index (κ3) is 8.17. The van der Waals surface area contributed by atoms with Crippen molar-refractivity contribution in [3.05, 3.63) is 71.8 Å². The molecule has 2 aliphatic rings. The summed E-state index contributed by atoms with van der Waals surface area (Å²) in [5.74, 6) is 6.29. The van der Waals surface area contributed by atoms with Crippen LogP contribution >= 0.6 is 0 Å². The molecule has 3 heteroatoms. The van der Waals surface area contributed by atoms with Crippen LogP contribution in [0.4, 0.5) is 0 Å². The van der Waals surface area contributed by atoms with E-state index in [1.807, 2.05) is 18.2 Å². The summed E-state index contributed by atoms with van der Waals surface area (Å²) in [7, 11) is 0. The van der Waals surface area contributed by atoms with Gasteiger partial charge in [-0.3, -0.25) is 0 Å². The van der Waals surface area contributed by atoms with Gasteiger partial charge in [-0.2, -0.15) is 0 Å². The molecule has 3 nitrogen and oxygen atoms in total. The molecule has 0 aromatic heterocycles. The normalized spacial score (nSPS) is 21.4. The lowest BCUT2D eigenvalue weighted by molar-refractivity contribution is -0.141. The first-order valence-electron chi connectivity index (χ1n) is 12.0. The van der Waals surface area contributed by atoms with Gasteiger partial charge < -0.3 is 9.84 Å². The van der Waals surface area contributed by atoms with Gasteiger partial charge in [0.15, 0.2) is 0 Å². The van der Waals surface area contributed by atoms with Crippen LogP contribution in [0.25, 0.3) is 0 Å². The van der Waals surface area contributed by atoms with E-state index < -0.39 is 5.97 Å². The number of carboxylic acids is 1. The van der Waals surface area contributed by atoms with Crippen LogP contribution < -0.4 is 0 Å². The van der Waals surface area contributed by atoms with Crippen LogP contribution in [-0.2, 0) is 9.53 Å². The first-order chi connectivity index (χ1) is 15.7. The van der Waals surface area contributed by atoms with Crippen LogP contribution in [0.1, 0.15) is 69.8 Å². The molecule has 1 aromatic rings. The molecule has 3 rings (SSSR count). The van der Waals surface area contributed by atoms with Crippen LogP contribution in [0, 0.1) is 23.2 Å². The van der Waals surface area contributed by atoms with Crippen molar-refractivity contribution in [3.8, 4) is 11.8 Å². The molecule has 0 spiro atoms. The Balaban J connectivity index is 1.42. The number of carbonyl (C=O) groups is 1. The number of benzene rings is 1. The Kier molecular flexibility index (Phi) is 9.85. The Hall–Kier alpha value is -2.57. The summed E-state index contributed by atoms with van der Waals surface area (Å²) in [6.07, 6.45) is 23.0. The number of rotatable bonds is 10. The molecule has 0 saturated heterocycles. The Labute approximate surface area is 193 Å².